The predicted octanol–water partition coefficient (Wildman–Crippen LogP) is 4.48. The van der Waals surface area contributed by atoms with Gasteiger partial charge in [0.15, 0.2) is 0 Å². The summed E-state index contributed by atoms with van der Waals surface area (Å²) in [5.74, 6) is 0.566. The maximum atomic E-state index is 12.9. The Kier molecular flexibility index (Phi) is 7.53. The van der Waals surface area contributed by atoms with E-state index in [0.717, 1.165) is 24.9 Å². The first-order valence-electron chi connectivity index (χ1n) is 12.6. The molecule has 4 atom stereocenters. The molecule has 2 aromatic rings. The van der Waals surface area contributed by atoms with Crippen molar-refractivity contribution in [3.05, 3.63) is 42.2 Å². The van der Waals surface area contributed by atoms with Crippen LogP contribution in [0.3, 0.4) is 0 Å². The van der Waals surface area contributed by atoms with Gasteiger partial charge in [-0.2, -0.15) is 10.4 Å². The van der Waals surface area contributed by atoms with Crippen LogP contribution in [-0.4, -0.2) is 57.6 Å². The summed E-state index contributed by atoms with van der Waals surface area (Å²) in [6.45, 7) is 7.91. The number of fused-ring (bicyclic) bond motifs is 1. The first-order valence-corrected chi connectivity index (χ1v) is 12.6. The minimum atomic E-state index is -0.683. The topological polar surface area (TPSA) is 107 Å². The Morgan fingerprint density at radius 2 is 2.00 bits per heavy atom. The third kappa shape index (κ3) is 5.81. The molecule has 1 aliphatic carbocycles. The van der Waals surface area contributed by atoms with Crippen LogP contribution in [0.25, 0.3) is 5.69 Å². The number of likely N-dealkylation sites (tertiary alicyclic amines) is 1. The molecule has 9 heteroatoms. The molecule has 1 aromatic heterocycles. The number of carbonyl (C=O) groups excluding carboxylic acids is 2. The van der Waals surface area contributed by atoms with E-state index < -0.39 is 23.7 Å². The zero-order chi connectivity index (χ0) is 25.9. The molecule has 2 aliphatic rings. The Hall–Kier alpha value is -3.54. The van der Waals surface area contributed by atoms with Gasteiger partial charge in [0.2, 0.25) is 0 Å². The number of hydrogen-bond acceptors (Lipinski definition) is 7. The van der Waals surface area contributed by atoms with Gasteiger partial charge in [-0.05, 0) is 83.4 Å². The second-order valence-corrected chi connectivity index (χ2v) is 10.5. The number of amides is 1. The summed E-state index contributed by atoms with van der Waals surface area (Å²) in [5.41, 5.74) is 0.634. The molecule has 0 spiro atoms. The fourth-order valence-electron chi connectivity index (χ4n) is 5.14. The van der Waals surface area contributed by atoms with Gasteiger partial charge in [-0.25, -0.2) is 14.3 Å². The number of hydrogen-bond donors (Lipinski definition) is 0. The number of rotatable bonds is 5. The fourth-order valence-corrected chi connectivity index (χ4v) is 5.14. The van der Waals surface area contributed by atoms with Crippen molar-refractivity contribution in [2.45, 2.75) is 71.1 Å². The van der Waals surface area contributed by atoms with Gasteiger partial charge in [-0.1, -0.05) is 0 Å². The molecule has 0 radical (unpaired) electrons. The monoisotopic (exact) mass is 494 g/mol. The highest BCUT2D eigenvalue weighted by Crippen LogP contribution is 2.41. The first-order chi connectivity index (χ1) is 17.2. The second-order valence-electron chi connectivity index (χ2n) is 10.5. The Labute approximate surface area is 211 Å². The quantitative estimate of drug-likeness (QED) is 0.564. The molecule has 1 saturated heterocycles. The van der Waals surface area contributed by atoms with Crippen molar-refractivity contribution in [1.29, 1.82) is 5.26 Å². The molecular weight excluding hydrogens is 460 g/mol. The smallest absolute Gasteiger partial charge is 0.411 e. The van der Waals surface area contributed by atoms with E-state index in [0.29, 0.717) is 24.3 Å². The number of benzene rings is 1. The number of nitriles is 1. The maximum Gasteiger partial charge on any atom is 0.411 e. The number of aromatic nitrogens is 2. The summed E-state index contributed by atoms with van der Waals surface area (Å²) < 4.78 is 19.0. The maximum absolute atomic E-state index is 12.9. The van der Waals surface area contributed by atoms with Crippen LogP contribution < -0.4 is 4.74 Å². The molecule has 9 nitrogen and oxygen atoms in total. The largest absolute Gasteiger partial charge is 0.489 e. The standard InChI is InChI=1S/C27H34N4O5/c1-5-34-25(32)23-14-20-13-22(10-8-19(20)17-30(23)26(33)36-27(2,3)4)35-24-15-21(9-7-18(24)16-28)31-12-6-11-29-31/h6-7,9,11-12,15,19-20,22-23H,5,8,10,13-14,17H2,1-4H3. The molecule has 1 amide bonds. The van der Waals surface area contributed by atoms with Gasteiger partial charge in [-0.3, -0.25) is 4.90 Å². The van der Waals surface area contributed by atoms with E-state index in [9.17, 15) is 14.9 Å². The van der Waals surface area contributed by atoms with Gasteiger partial charge in [0, 0.05) is 25.0 Å². The van der Waals surface area contributed by atoms with E-state index >= 15 is 0 Å². The molecule has 1 saturated carbocycles. The van der Waals surface area contributed by atoms with Crippen LogP contribution in [0.4, 0.5) is 4.79 Å². The molecular formula is C27H34N4O5. The van der Waals surface area contributed by atoms with Gasteiger partial charge in [0.25, 0.3) is 0 Å². The lowest BCUT2D eigenvalue weighted by Gasteiger charge is -2.46. The van der Waals surface area contributed by atoms with Crippen LogP contribution >= 0.6 is 0 Å². The number of carbonyl (C=O) groups is 2. The molecule has 2 fully saturated rings. The third-order valence-electron chi connectivity index (χ3n) is 6.76. The van der Waals surface area contributed by atoms with Crippen LogP contribution in [0.1, 0.15) is 58.9 Å². The average molecular weight is 495 g/mol. The summed E-state index contributed by atoms with van der Waals surface area (Å²) >= 11 is 0. The first kappa shape index (κ1) is 25.5. The molecule has 4 unspecified atom stereocenters. The average Bonchev–Trinajstić information content (AvgIpc) is 3.37. The summed E-state index contributed by atoms with van der Waals surface area (Å²) in [7, 11) is 0. The number of esters is 1. The van der Waals surface area contributed by atoms with Crippen molar-refractivity contribution in [3.8, 4) is 17.5 Å². The molecule has 36 heavy (non-hydrogen) atoms. The highest BCUT2D eigenvalue weighted by molar-refractivity contribution is 5.82. The minimum absolute atomic E-state index is 0.0952. The van der Waals surface area contributed by atoms with Crippen LogP contribution in [0.15, 0.2) is 36.7 Å². The van der Waals surface area contributed by atoms with Crippen molar-refractivity contribution in [1.82, 2.24) is 14.7 Å². The third-order valence-corrected chi connectivity index (χ3v) is 6.76. The van der Waals surface area contributed by atoms with Gasteiger partial charge >= 0.3 is 12.1 Å². The van der Waals surface area contributed by atoms with Crippen molar-refractivity contribution < 1.29 is 23.8 Å². The Bertz CT molecular complexity index is 1120. The summed E-state index contributed by atoms with van der Waals surface area (Å²) in [5, 5.41) is 13.9. The van der Waals surface area contributed by atoms with Gasteiger partial charge in [0.1, 0.15) is 23.5 Å². The SMILES string of the molecule is CCOC(=O)C1CC2CC(Oc3cc(-n4cccn4)ccc3C#N)CCC2CN1C(=O)OC(C)(C)C. The zero-order valence-electron chi connectivity index (χ0n) is 21.3. The summed E-state index contributed by atoms with van der Waals surface area (Å²) in [6.07, 6.45) is 5.85. The van der Waals surface area contributed by atoms with Gasteiger partial charge in [-0.15, -0.1) is 0 Å². The lowest BCUT2D eigenvalue weighted by molar-refractivity contribution is -0.153. The van der Waals surface area contributed by atoms with Crippen molar-refractivity contribution >= 4 is 12.1 Å². The van der Waals surface area contributed by atoms with E-state index in [2.05, 4.69) is 11.2 Å². The highest BCUT2D eigenvalue weighted by Gasteiger charge is 2.45. The van der Waals surface area contributed by atoms with Crippen LogP contribution in [0, 0.1) is 23.2 Å². The number of nitrogens with zero attached hydrogens (tertiary/aromatic N) is 4. The summed E-state index contributed by atoms with van der Waals surface area (Å²) in [6, 6.07) is 8.79. The van der Waals surface area contributed by atoms with Gasteiger partial charge in [0.05, 0.1) is 24.0 Å². The zero-order valence-corrected chi connectivity index (χ0v) is 21.3. The molecule has 2 heterocycles. The van der Waals surface area contributed by atoms with E-state index in [-0.39, 0.29) is 24.5 Å². The molecule has 0 N–H and O–H groups in total. The van der Waals surface area contributed by atoms with Crippen LogP contribution in [0.2, 0.25) is 0 Å². The Morgan fingerprint density at radius 1 is 1.19 bits per heavy atom. The van der Waals surface area contributed by atoms with Crippen LogP contribution in [0.5, 0.6) is 5.75 Å². The molecule has 192 valence electrons. The Balaban J connectivity index is 1.49. The molecule has 0 bridgehead atoms. The van der Waals surface area contributed by atoms with E-state index in [1.165, 1.54) is 0 Å². The summed E-state index contributed by atoms with van der Waals surface area (Å²) in [4.78, 5) is 27.3. The lowest BCUT2D eigenvalue weighted by Crippen LogP contribution is -2.56. The normalized spacial score (nSPS) is 23.8. The van der Waals surface area contributed by atoms with Crippen LogP contribution in [-0.2, 0) is 14.3 Å². The molecule has 4 rings (SSSR count). The Morgan fingerprint density at radius 3 is 2.67 bits per heavy atom. The van der Waals surface area contributed by atoms with E-state index in [1.807, 2.05) is 45.2 Å². The predicted molar refractivity (Wildman–Crippen MR) is 132 cm³/mol. The van der Waals surface area contributed by atoms with Crippen molar-refractivity contribution in [3.63, 3.8) is 0 Å². The number of ether oxygens (including phenoxy) is 3. The second kappa shape index (κ2) is 10.6. The molecule has 1 aromatic carbocycles. The van der Waals surface area contributed by atoms with Crippen molar-refractivity contribution in [2.24, 2.45) is 11.8 Å². The van der Waals surface area contributed by atoms with Crippen molar-refractivity contribution in [2.75, 3.05) is 13.2 Å². The highest BCUT2D eigenvalue weighted by atomic mass is 16.6. The fraction of sp³-hybridized carbons (Fsp3) is 0.556. The van der Waals surface area contributed by atoms with E-state index in [1.54, 1.807) is 28.8 Å². The van der Waals surface area contributed by atoms with Gasteiger partial charge < -0.3 is 14.2 Å². The lowest BCUT2D eigenvalue weighted by atomic mass is 9.72. The molecule has 1 aliphatic heterocycles. The minimum Gasteiger partial charge on any atom is -0.489 e. The number of piperidine rings is 1. The van der Waals surface area contributed by atoms with E-state index in [4.69, 9.17) is 14.2 Å².